The van der Waals surface area contributed by atoms with Crippen molar-refractivity contribution in [1.82, 2.24) is 4.90 Å². The average molecular weight is 241 g/mol. The lowest BCUT2D eigenvalue weighted by Gasteiger charge is -2.33. The van der Waals surface area contributed by atoms with E-state index in [0.29, 0.717) is 6.04 Å². The molecule has 102 valence electrons. The lowest BCUT2D eigenvalue weighted by atomic mass is 9.98. The van der Waals surface area contributed by atoms with Crippen LogP contribution in [0.1, 0.15) is 65.7 Å². The second-order valence-electron chi connectivity index (χ2n) is 5.57. The number of nitrogens with zero attached hydrogens (tertiary/aromatic N) is 1. The molecule has 1 fully saturated rings. The molecule has 1 saturated heterocycles. The van der Waals surface area contributed by atoms with Gasteiger partial charge in [0.15, 0.2) is 0 Å². The van der Waals surface area contributed by atoms with Crippen molar-refractivity contribution >= 4 is 0 Å². The summed E-state index contributed by atoms with van der Waals surface area (Å²) in [6, 6.07) is 0.394. The van der Waals surface area contributed by atoms with Crippen LogP contribution in [0.5, 0.6) is 0 Å². The van der Waals surface area contributed by atoms with Crippen LogP contribution in [0, 0.1) is 5.92 Å². The fourth-order valence-electron chi connectivity index (χ4n) is 3.19. The second kappa shape index (κ2) is 8.10. The lowest BCUT2D eigenvalue weighted by molar-refractivity contribution is 0.0417. The Morgan fingerprint density at radius 2 is 1.94 bits per heavy atom. The number of hydrogen-bond donors (Lipinski definition) is 1. The first-order chi connectivity index (χ1) is 8.22. The highest BCUT2D eigenvalue weighted by Gasteiger charge is 2.26. The third-order valence-corrected chi connectivity index (χ3v) is 4.38. The van der Waals surface area contributed by atoms with Crippen LogP contribution in [-0.4, -0.2) is 35.2 Å². The Bertz CT molecular complexity index is 195. The van der Waals surface area contributed by atoms with Crippen molar-refractivity contribution in [3.05, 3.63) is 0 Å². The molecule has 0 amide bonds. The van der Waals surface area contributed by atoms with Gasteiger partial charge in [-0.25, -0.2) is 0 Å². The van der Waals surface area contributed by atoms with E-state index >= 15 is 0 Å². The van der Waals surface area contributed by atoms with Crippen LogP contribution in [-0.2, 0) is 0 Å². The Kier molecular flexibility index (Phi) is 7.14. The fraction of sp³-hybridized carbons (Fsp3) is 1.00. The zero-order valence-corrected chi connectivity index (χ0v) is 12.0. The standard InChI is InChI=1S/C15H31NO/c1-4-8-15(17)14(6-3)16-11-7-9-13(5-2)10-12-16/h13-15,17H,4-12H2,1-3H3. The normalized spacial score (nSPS) is 26.5. The van der Waals surface area contributed by atoms with Gasteiger partial charge < -0.3 is 5.11 Å². The summed E-state index contributed by atoms with van der Waals surface area (Å²) in [5.74, 6) is 0.917. The van der Waals surface area contributed by atoms with E-state index in [2.05, 4.69) is 25.7 Å². The molecule has 0 aliphatic carbocycles. The van der Waals surface area contributed by atoms with Crippen molar-refractivity contribution in [2.75, 3.05) is 13.1 Å². The quantitative estimate of drug-likeness (QED) is 0.770. The zero-order valence-electron chi connectivity index (χ0n) is 12.0. The van der Waals surface area contributed by atoms with Gasteiger partial charge in [0.1, 0.15) is 0 Å². The van der Waals surface area contributed by atoms with Gasteiger partial charge in [-0.1, -0.05) is 33.6 Å². The number of hydrogen-bond acceptors (Lipinski definition) is 2. The molecule has 0 aromatic rings. The lowest BCUT2D eigenvalue weighted by Crippen LogP contribution is -2.43. The van der Waals surface area contributed by atoms with Crippen LogP contribution < -0.4 is 0 Å². The Labute approximate surface area is 107 Å². The van der Waals surface area contributed by atoms with Crippen molar-refractivity contribution in [3.8, 4) is 0 Å². The maximum Gasteiger partial charge on any atom is 0.0695 e. The van der Waals surface area contributed by atoms with Gasteiger partial charge in [-0.2, -0.15) is 0 Å². The van der Waals surface area contributed by atoms with E-state index in [9.17, 15) is 5.11 Å². The molecule has 1 rings (SSSR count). The third-order valence-electron chi connectivity index (χ3n) is 4.38. The molecule has 2 heteroatoms. The maximum atomic E-state index is 10.2. The molecular weight excluding hydrogens is 210 g/mol. The predicted molar refractivity (Wildman–Crippen MR) is 74.2 cm³/mol. The van der Waals surface area contributed by atoms with Crippen LogP contribution in [0.2, 0.25) is 0 Å². The van der Waals surface area contributed by atoms with Crippen molar-refractivity contribution in [2.45, 2.75) is 77.9 Å². The van der Waals surface area contributed by atoms with Crippen molar-refractivity contribution < 1.29 is 5.11 Å². The van der Waals surface area contributed by atoms with Gasteiger partial charge in [0.2, 0.25) is 0 Å². The molecule has 0 aromatic heterocycles. The Hall–Kier alpha value is -0.0800. The molecule has 2 nitrogen and oxygen atoms in total. The molecule has 3 unspecified atom stereocenters. The summed E-state index contributed by atoms with van der Waals surface area (Å²) < 4.78 is 0. The van der Waals surface area contributed by atoms with Gasteiger partial charge in [0.25, 0.3) is 0 Å². The SMILES string of the molecule is CCCC(O)C(CC)N1CCCC(CC)CC1. The fourth-order valence-corrected chi connectivity index (χ4v) is 3.19. The van der Waals surface area contributed by atoms with E-state index in [1.54, 1.807) is 0 Å². The number of likely N-dealkylation sites (tertiary alicyclic amines) is 1. The van der Waals surface area contributed by atoms with Crippen LogP contribution in [0.3, 0.4) is 0 Å². The summed E-state index contributed by atoms with van der Waals surface area (Å²) in [6.45, 7) is 9.06. The highest BCUT2D eigenvalue weighted by atomic mass is 16.3. The first kappa shape index (κ1) is 15.0. The molecule has 1 heterocycles. The molecule has 0 radical (unpaired) electrons. The third kappa shape index (κ3) is 4.59. The summed E-state index contributed by atoms with van der Waals surface area (Å²) >= 11 is 0. The maximum absolute atomic E-state index is 10.2. The highest BCUT2D eigenvalue weighted by Crippen LogP contribution is 2.23. The van der Waals surface area contributed by atoms with E-state index in [0.717, 1.165) is 25.2 Å². The van der Waals surface area contributed by atoms with Gasteiger partial charge in [-0.3, -0.25) is 4.90 Å². The van der Waals surface area contributed by atoms with Crippen LogP contribution in [0.25, 0.3) is 0 Å². The average Bonchev–Trinajstić information content (AvgIpc) is 2.56. The topological polar surface area (TPSA) is 23.5 Å². The van der Waals surface area contributed by atoms with E-state index < -0.39 is 0 Å². The monoisotopic (exact) mass is 241 g/mol. The summed E-state index contributed by atoms with van der Waals surface area (Å²) in [7, 11) is 0. The number of aliphatic hydroxyl groups excluding tert-OH is 1. The first-order valence-electron chi connectivity index (χ1n) is 7.64. The highest BCUT2D eigenvalue weighted by molar-refractivity contribution is 4.80. The van der Waals surface area contributed by atoms with Gasteiger partial charge in [0, 0.05) is 6.04 Å². The van der Waals surface area contributed by atoms with Gasteiger partial charge in [0.05, 0.1) is 6.10 Å². The zero-order chi connectivity index (χ0) is 12.7. The summed E-state index contributed by atoms with van der Waals surface area (Å²) in [6.07, 6.45) is 8.34. The summed E-state index contributed by atoms with van der Waals surface area (Å²) in [5, 5.41) is 10.2. The minimum atomic E-state index is -0.122. The smallest absolute Gasteiger partial charge is 0.0695 e. The second-order valence-corrected chi connectivity index (χ2v) is 5.57. The predicted octanol–water partition coefficient (Wildman–Crippen LogP) is 3.44. The Balaban J connectivity index is 2.50. The molecule has 0 spiro atoms. The largest absolute Gasteiger partial charge is 0.391 e. The molecule has 0 saturated carbocycles. The van der Waals surface area contributed by atoms with Crippen molar-refractivity contribution in [1.29, 1.82) is 0 Å². The van der Waals surface area contributed by atoms with E-state index in [1.807, 2.05) is 0 Å². The summed E-state index contributed by atoms with van der Waals surface area (Å²) in [5.41, 5.74) is 0. The first-order valence-corrected chi connectivity index (χ1v) is 7.64. The van der Waals surface area contributed by atoms with Crippen molar-refractivity contribution in [2.24, 2.45) is 5.92 Å². The molecule has 17 heavy (non-hydrogen) atoms. The van der Waals surface area contributed by atoms with E-state index in [1.165, 1.54) is 38.8 Å². The van der Waals surface area contributed by atoms with E-state index in [-0.39, 0.29) is 6.10 Å². The van der Waals surface area contributed by atoms with Crippen LogP contribution in [0.15, 0.2) is 0 Å². The molecule has 1 aliphatic heterocycles. The Morgan fingerprint density at radius 3 is 2.53 bits per heavy atom. The minimum absolute atomic E-state index is 0.122. The molecule has 3 atom stereocenters. The number of rotatable bonds is 6. The minimum Gasteiger partial charge on any atom is -0.391 e. The Morgan fingerprint density at radius 1 is 1.18 bits per heavy atom. The molecule has 1 aliphatic rings. The molecule has 1 N–H and O–H groups in total. The molecular formula is C15H31NO. The molecule has 0 aromatic carbocycles. The van der Waals surface area contributed by atoms with Gasteiger partial charge in [-0.05, 0) is 51.1 Å². The van der Waals surface area contributed by atoms with Crippen molar-refractivity contribution in [3.63, 3.8) is 0 Å². The van der Waals surface area contributed by atoms with Gasteiger partial charge >= 0.3 is 0 Å². The number of aliphatic hydroxyl groups is 1. The molecule has 0 bridgehead atoms. The summed E-state index contributed by atoms with van der Waals surface area (Å²) in [4.78, 5) is 2.55. The van der Waals surface area contributed by atoms with Crippen LogP contribution in [0.4, 0.5) is 0 Å². The van der Waals surface area contributed by atoms with Gasteiger partial charge in [-0.15, -0.1) is 0 Å². The van der Waals surface area contributed by atoms with Crippen LogP contribution >= 0.6 is 0 Å². The van der Waals surface area contributed by atoms with E-state index in [4.69, 9.17) is 0 Å².